The monoisotopic (exact) mass is 449 g/mol. The average Bonchev–Trinajstić information content (AvgIpc) is 2.75. The fourth-order valence-electron chi connectivity index (χ4n) is 2.90. The van der Waals surface area contributed by atoms with Crippen molar-refractivity contribution in [1.82, 2.24) is 4.31 Å². The molecule has 0 saturated carbocycles. The molecule has 0 radical (unpaired) electrons. The van der Waals surface area contributed by atoms with Gasteiger partial charge in [-0.05, 0) is 23.8 Å². The van der Waals surface area contributed by atoms with E-state index in [0.29, 0.717) is 6.54 Å². The predicted octanol–water partition coefficient (Wildman–Crippen LogP) is 2.50. The van der Waals surface area contributed by atoms with Crippen LogP contribution in [0.25, 0.3) is 0 Å². The number of nitrogens with zero attached hydrogens (tertiary/aromatic N) is 4. The van der Waals surface area contributed by atoms with Gasteiger partial charge in [0.05, 0.1) is 23.4 Å². The second-order valence-electron chi connectivity index (χ2n) is 6.63. The van der Waals surface area contributed by atoms with E-state index < -0.39 is 14.9 Å². The van der Waals surface area contributed by atoms with Crippen LogP contribution in [0.5, 0.6) is 0 Å². The first-order chi connectivity index (χ1) is 14.7. The summed E-state index contributed by atoms with van der Waals surface area (Å²) in [7, 11) is -2.07. The Morgan fingerprint density at radius 1 is 1.16 bits per heavy atom. The number of non-ortho nitro benzene ring substituents is 1. The van der Waals surface area contributed by atoms with Crippen molar-refractivity contribution in [1.29, 1.82) is 0 Å². The number of sulfonamides is 1. The molecule has 168 valence electrons. The fraction of sp³-hybridized carbons (Fsp3) is 0.350. The van der Waals surface area contributed by atoms with E-state index in [1.807, 2.05) is 36.2 Å². The maximum Gasteiger partial charge on any atom is 0.270 e. The van der Waals surface area contributed by atoms with Crippen molar-refractivity contribution < 1.29 is 18.4 Å². The van der Waals surface area contributed by atoms with E-state index in [1.165, 1.54) is 22.7 Å². The van der Waals surface area contributed by atoms with Gasteiger partial charge in [-0.15, -0.1) is 0 Å². The SMILES string of the molecule is CCN(CC)S(=O)(=O)c1cc([N+](=O)[O-])ccc1N/N=C/c1ccc(N(C)CCO)cc1. The Hall–Kier alpha value is -3.02. The molecule has 0 amide bonds. The molecule has 0 aromatic heterocycles. The highest BCUT2D eigenvalue weighted by Crippen LogP contribution is 2.29. The lowest BCUT2D eigenvalue weighted by molar-refractivity contribution is -0.385. The molecule has 31 heavy (non-hydrogen) atoms. The Bertz CT molecular complexity index is 1020. The maximum atomic E-state index is 13.0. The van der Waals surface area contributed by atoms with Crippen LogP contribution in [0.4, 0.5) is 17.1 Å². The van der Waals surface area contributed by atoms with Crippen LogP contribution < -0.4 is 10.3 Å². The summed E-state index contributed by atoms with van der Waals surface area (Å²) in [4.78, 5) is 12.2. The minimum absolute atomic E-state index is 0.0532. The molecule has 0 aliphatic heterocycles. The fourth-order valence-corrected chi connectivity index (χ4v) is 4.52. The molecule has 2 aromatic rings. The molecule has 2 rings (SSSR count). The van der Waals surface area contributed by atoms with Crippen molar-refractivity contribution in [2.24, 2.45) is 5.10 Å². The number of anilines is 2. The van der Waals surface area contributed by atoms with Gasteiger partial charge in [0.25, 0.3) is 5.69 Å². The molecular formula is C20H27N5O5S. The summed E-state index contributed by atoms with van der Waals surface area (Å²) in [6.07, 6.45) is 1.52. The number of aliphatic hydroxyl groups is 1. The van der Waals surface area contributed by atoms with Crippen molar-refractivity contribution in [3.63, 3.8) is 0 Å². The third-order valence-electron chi connectivity index (χ3n) is 4.67. The number of likely N-dealkylation sites (N-methyl/N-ethyl adjacent to an activating group) is 1. The Balaban J connectivity index is 2.29. The first-order valence-corrected chi connectivity index (χ1v) is 11.2. The van der Waals surface area contributed by atoms with Gasteiger partial charge in [-0.1, -0.05) is 26.0 Å². The van der Waals surface area contributed by atoms with E-state index in [-0.39, 0.29) is 36.0 Å². The van der Waals surface area contributed by atoms with E-state index in [2.05, 4.69) is 10.5 Å². The number of nitro benzene ring substituents is 1. The number of hydrazone groups is 1. The highest BCUT2D eigenvalue weighted by Gasteiger charge is 2.27. The average molecular weight is 450 g/mol. The zero-order chi connectivity index (χ0) is 23.0. The van der Waals surface area contributed by atoms with Crippen LogP contribution >= 0.6 is 0 Å². The quantitative estimate of drug-likeness (QED) is 0.306. The minimum atomic E-state index is -3.94. The van der Waals surface area contributed by atoms with Crippen molar-refractivity contribution in [2.75, 3.05) is 43.6 Å². The van der Waals surface area contributed by atoms with Crippen LogP contribution in [-0.4, -0.2) is 62.3 Å². The smallest absolute Gasteiger partial charge is 0.270 e. The van der Waals surface area contributed by atoms with Gasteiger partial charge in [-0.25, -0.2) is 8.42 Å². The second-order valence-corrected chi connectivity index (χ2v) is 8.54. The molecule has 11 heteroatoms. The van der Waals surface area contributed by atoms with Gasteiger partial charge in [-0.2, -0.15) is 9.41 Å². The molecule has 0 atom stereocenters. The number of nitro groups is 1. The molecule has 2 N–H and O–H groups in total. The van der Waals surface area contributed by atoms with Gasteiger partial charge >= 0.3 is 0 Å². The summed E-state index contributed by atoms with van der Waals surface area (Å²) in [5.41, 5.74) is 4.22. The van der Waals surface area contributed by atoms with E-state index in [1.54, 1.807) is 13.8 Å². The van der Waals surface area contributed by atoms with Gasteiger partial charge in [0.15, 0.2) is 0 Å². The lowest BCUT2D eigenvalue weighted by Gasteiger charge is -2.20. The van der Waals surface area contributed by atoms with E-state index in [9.17, 15) is 18.5 Å². The number of hydrogen-bond acceptors (Lipinski definition) is 8. The third kappa shape index (κ3) is 6.00. The van der Waals surface area contributed by atoms with Crippen LogP contribution in [0.1, 0.15) is 19.4 Å². The standard InChI is InChI=1S/C20H27N5O5S/c1-4-24(5-2)31(29,30)20-14-18(25(27)28)10-11-19(20)22-21-15-16-6-8-17(9-7-16)23(3)12-13-26/h6-11,14-15,22,26H,4-5,12-13H2,1-3H3/b21-15+. The molecule has 0 aliphatic carbocycles. The molecular weight excluding hydrogens is 422 g/mol. The van der Waals surface area contributed by atoms with Gasteiger partial charge in [0.2, 0.25) is 10.0 Å². The topological polar surface area (TPSA) is 128 Å². The van der Waals surface area contributed by atoms with Crippen molar-refractivity contribution in [2.45, 2.75) is 18.7 Å². The van der Waals surface area contributed by atoms with Gasteiger partial charge < -0.3 is 10.0 Å². The summed E-state index contributed by atoms with van der Waals surface area (Å²) in [6, 6.07) is 11.0. The second kappa shape index (κ2) is 10.8. The van der Waals surface area contributed by atoms with Gasteiger partial charge in [0.1, 0.15) is 4.90 Å². The lowest BCUT2D eigenvalue weighted by atomic mass is 10.2. The number of benzene rings is 2. The Morgan fingerprint density at radius 2 is 1.81 bits per heavy atom. The van der Waals surface area contributed by atoms with Crippen LogP contribution in [0.2, 0.25) is 0 Å². The highest BCUT2D eigenvalue weighted by atomic mass is 32.2. The number of aliphatic hydroxyl groups excluding tert-OH is 1. The summed E-state index contributed by atoms with van der Waals surface area (Å²) in [6.45, 7) is 4.44. The van der Waals surface area contributed by atoms with Gasteiger partial charge in [-0.3, -0.25) is 15.5 Å². The third-order valence-corrected chi connectivity index (χ3v) is 6.76. The molecule has 0 aliphatic rings. The van der Waals surface area contributed by atoms with Crippen LogP contribution in [0, 0.1) is 10.1 Å². The zero-order valence-corrected chi connectivity index (χ0v) is 18.5. The predicted molar refractivity (Wildman–Crippen MR) is 121 cm³/mol. The lowest BCUT2D eigenvalue weighted by Crippen LogP contribution is -2.31. The van der Waals surface area contributed by atoms with E-state index in [4.69, 9.17) is 5.11 Å². The van der Waals surface area contributed by atoms with Crippen molar-refractivity contribution in [3.05, 3.63) is 58.1 Å². The summed E-state index contributed by atoms with van der Waals surface area (Å²) >= 11 is 0. The van der Waals surface area contributed by atoms with Crippen LogP contribution in [0.15, 0.2) is 52.5 Å². The molecule has 0 bridgehead atoms. The Morgan fingerprint density at radius 3 is 2.35 bits per heavy atom. The number of nitrogens with one attached hydrogen (secondary N) is 1. The first-order valence-electron chi connectivity index (χ1n) is 9.74. The summed E-state index contributed by atoms with van der Waals surface area (Å²) in [5, 5.41) is 24.3. The Labute approximate surface area is 182 Å². The van der Waals surface area contributed by atoms with E-state index in [0.717, 1.165) is 17.3 Å². The van der Waals surface area contributed by atoms with Crippen LogP contribution in [-0.2, 0) is 10.0 Å². The molecule has 0 saturated heterocycles. The van der Waals surface area contributed by atoms with Crippen LogP contribution in [0.3, 0.4) is 0 Å². The molecule has 0 heterocycles. The van der Waals surface area contributed by atoms with Crippen molar-refractivity contribution in [3.8, 4) is 0 Å². The molecule has 0 spiro atoms. The van der Waals surface area contributed by atoms with Gasteiger partial charge in [0, 0.05) is 44.5 Å². The largest absolute Gasteiger partial charge is 0.395 e. The summed E-state index contributed by atoms with van der Waals surface area (Å²) < 4.78 is 27.2. The molecule has 10 nitrogen and oxygen atoms in total. The highest BCUT2D eigenvalue weighted by molar-refractivity contribution is 7.89. The molecule has 0 unspecified atom stereocenters. The Kier molecular flexibility index (Phi) is 8.48. The normalized spacial score (nSPS) is 11.8. The number of hydrogen-bond donors (Lipinski definition) is 2. The summed E-state index contributed by atoms with van der Waals surface area (Å²) in [5.74, 6) is 0. The maximum absolute atomic E-state index is 13.0. The number of rotatable bonds is 11. The minimum Gasteiger partial charge on any atom is -0.395 e. The molecule has 2 aromatic carbocycles. The first kappa shape index (κ1) is 24.3. The van der Waals surface area contributed by atoms with E-state index >= 15 is 0 Å². The van der Waals surface area contributed by atoms with Crippen molar-refractivity contribution >= 4 is 33.3 Å². The molecule has 0 fully saturated rings. The zero-order valence-electron chi connectivity index (χ0n) is 17.7.